The Morgan fingerprint density at radius 2 is 2.35 bits per heavy atom. The third kappa shape index (κ3) is 4.71. The highest BCUT2D eigenvalue weighted by molar-refractivity contribution is 7.98. The molecule has 2 rings (SSSR count). The van der Waals surface area contributed by atoms with Crippen molar-refractivity contribution in [2.45, 2.75) is 11.7 Å². The number of halogens is 1. The standard InChI is InChI=1S/C11H13ClN4OS3/c1-16(5-7-3-4-8(12)19-7)6-9(17)13-10-14-11(18-2)15-20-10/h3-4H,5-6H2,1-2H3,(H,13,14,15,17). The Balaban J connectivity index is 1.81. The first-order valence-electron chi connectivity index (χ1n) is 5.67. The van der Waals surface area contributed by atoms with Crippen LogP contribution in [0.3, 0.4) is 0 Å². The average molecular weight is 349 g/mol. The van der Waals surface area contributed by atoms with Gasteiger partial charge < -0.3 is 0 Å². The van der Waals surface area contributed by atoms with E-state index in [4.69, 9.17) is 11.6 Å². The first-order chi connectivity index (χ1) is 9.56. The van der Waals surface area contributed by atoms with Gasteiger partial charge in [-0.15, -0.1) is 11.3 Å². The summed E-state index contributed by atoms with van der Waals surface area (Å²) in [5, 5.41) is 3.95. The number of hydrogen-bond acceptors (Lipinski definition) is 7. The normalized spacial score (nSPS) is 11.0. The predicted molar refractivity (Wildman–Crippen MR) is 86.0 cm³/mol. The zero-order valence-corrected chi connectivity index (χ0v) is 14.1. The van der Waals surface area contributed by atoms with E-state index < -0.39 is 0 Å². The molecule has 2 aromatic rings. The summed E-state index contributed by atoms with van der Waals surface area (Å²) in [5.74, 6) is -0.0982. The van der Waals surface area contributed by atoms with Crippen LogP contribution in [0.1, 0.15) is 4.88 Å². The van der Waals surface area contributed by atoms with Gasteiger partial charge in [-0.05, 0) is 25.4 Å². The Labute approximate surface area is 134 Å². The molecule has 9 heteroatoms. The van der Waals surface area contributed by atoms with E-state index >= 15 is 0 Å². The molecule has 1 N–H and O–H groups in total. The van der Waals surface area contributed by atoms with Gasteiger partial charge in [-0.25, -0.2) is 0 Å². The lowest BCUT2D eigenvalue weighted by Crippen LogP contribution is -2.29. The molecule has 0 spiro atoms. The molecular weight excluding hydrogens is 336 g/mol. The average Bonchev–Trinajstić information content (AvgIpc) is 2.98. The van der Waals surface area contributed by atoms with Crippen molar-refractivity contribution in [3.05, 3.63) is 21.3 Å². The van der Waals surface area contributed by atoms with Crippen LogP contribution in [0.2, 0.25) is 4.34 Å². The van der Waals surface area contributed by atoms with E-state index in [9.17, 15) is 4.79 Å². The summed E-state index contributed by atoms with van der Waals surface area (Å²) in [6.07, 6.45) is 1.90. The molecule has 0 saturated carbocycles. The van der Waals surface area contributed by atoms with Gasteiger partial charge in [0, 0.05) is 23.0 Å². The van der Waals surface area contributed by atoms with Crippen LogP contribution in [0.4, 0.5) is 5.13 Å². The Morgan fingerprint density at radius 3 is 2.95 bits per heavy atom. The van der Waals surface area contributed by atoms with E-state index in [1.54, 1.807) is 0 Å². The second kappa shape index (κ2) is 7.37. The number of likely N-dealkylation sites (N-methyl/N-ethyl adjacent to an activating group) is 1. The summed E-state index contributed by atoms with van der Waals surface area (Å²) < 4.78 is 4.85. The number of hydrogen-bond donors (Lipinski definition) is 1. The molecule has 1 amide bonds. The Hall–Kier alpha value is -0.670. The SMILES string of the molecule is CSc1nsc(NC(=O)CN(C)Cc2ccc(Cl)s2)n1. The summed E-state index contributed by atoms with van der Waals surface area (Å²) in [6.45, 7) is 0.987. The van der Waals surface area contributed by atoms with E-state index in [-0.39, 0.29) is 5.91 Å². The van der Waals surface area contributed by atoms with Gasteiger partial charge in [-0.3, -0.25) is 15.0 Å². The highest BCUT2D eigenvalue weighted by atomic mass is 35.5. The van der Waals surface area contributed by atoms with Crippen LogP contribution in [0.15, 0.2) is 17.3 Å². The van der Waals surface area contributed by atoms with E-state index in [1.807, 2.05) is 30.3 Å². The van der Waals surface area contributed by atoms with Crippen LogP contribution >= 0.6 is 46.2 Å². The van der Waals surface area contributed by atoms with Gasteiger partial charge in [-0.1, -0.05) is 23.4 Å². The number of anilines is 1. The molecule has 0 atom stereocenters. The van der Waals surface area contributed by atoms with Gasteiger partial charge >= 0.3 is 0 Å². The zero-order chi connectivity index (χ0) is 14.5. The monoisotopic (exact) mass is 348 g/mol. The third-order valence-corrected chi connectivity index (χ3v) is 4.81. The first-order valence-corrected chi connectivity index (χ1v) is 8.86. The quantitative estimate of drug-likeness (QED) is 0.813. The predicted octanol–water partition coefficient (Wildman–Crippen LogP) is 3.05. The lowest BCUT2D eigenvalue weighted by atomic mass is 10.4. The molecule has 0 aliphatic carbocycles. The van der Waals surface area contributed by atoms with Gasteiger partial charge in [0.25, 0.3) is 0 Å². The van der Waals surface area contributed by atoms with E-state index in [2.05, 4.69) is 14.7 Å². The highest BCUT2D eigenvalue weighted by Gasteiger charge is 2.11. The number of thioether (sulfide) groups is 1. The fourth-order valence-corrected chi connectivity index (χ4v) is 3.82. The molecule has 0 saturated heterocycles. The minimum Gasteiger partial charge on any atom is -0.300 e. The number of nitrogens with one attached hydrogen (secondary N) is 1. The smallest absolute Gasteiger partial charge is 0.240 e. The fourth-order valence-electron chi connectivity index (χ4n) is 1.51. The van der Waals surface area contributed by atoms with E-state index in [1.165, 1.54) is 34.6 Å². The Morgan fingerprint density at radius 1 is 1.55 bits per heavy atom. The molecular formula is C11H13ClN4OS3. The topological polar surface area (TPSA) is 58.1 Å². The lowest BCUT2D eigenvalue weighted by molar-refractivity contribution is -0.117. The molecule has 0 unspecified atom stereocenters. The van der Waals surface area contributed by atoms with Crippen LogP contribution in [0.25, 0.3) is 0 Å². The second-order valence-electron chi connectivity index (χ2n) is 4.01. The molecule has 5 nitrogen and oxygen atoms in total. The summed E-state index contributed by atoms with van der Waals surface area (Å²) >= 11 is 10.0. The van der Waals surface area contributed by atoms with E-state index in [0.29, 0.717) is 23.4 Å². The number of thiophene rings is 1. The molecule has 20 heavy (non-hydrogen) atoms. The van der Waals surface area contributed by atoms with Gasteiger partial charge in [0.15, 0.2) is 0 Å². The minimum atomic E-state index is -0.0982. The van der Waals surface area contributed by atoms with E-state index in [0.717, 1.165) is 9.21 Å². The summed E-state index contributed by atoms with van der Waals surface area (Å²) in [4.78, 5) is 19.1. The van der Waals surface area contributed by atoms with Crippen molar-refractivity contribution in [2.24, 2.45) is 0 Å². The molecule has 2 aromatic heterocycles. The van der Waals surface area contributed by atoms with Crippen LogP contribution in [0, 0.1) is 0 Å². The highest BCUT2D eigenvalue weighted by Crippen LogP contribution is 2.22. The molecule has 2 heterocycles. The molecule has 108 valence electrons. The maximum atomic E-state index is 11.9. The molecule has 0 fully saturated rings. The molecule has 0 aliphatic rings. The first kappa shape index (κ1) is 15.7. The number of carbonyl (C=O) groups excluding carboxylic acids is 1. The number of nitrogens with zero attached hydrogens (tertiary/aromatic N) is 3. The second-order valence-corrected chi connectivity index (χ2v) is 7.34. The van der Waals surface area contributed by atoms with Gasteiger partial charge in [-0.2, -0.15) is 9.36 Å². The number of aromatic nitrogens is 2. The van der Waals surface area contributed by atoms with Crippen LogP contribution < -0.4 is 5.32 Å². The summed E-state index contributed by atoms with van der Waals surface area (Å²) in [6, 6.07) is 3.83. The lowest BCUT2D eigenvalue weighted by Gasteiger charge is -2.14. The third-order valence-electron chi connectivity index (χ3n) is 2.30. The molecule has 0 aromatic carbocycles. The maximum Gasteiger partial charge on any atom is 0.240 e. The zero-order valence-electron chi connectivity index (χ0n) is 10.9. The largest absolute Gasteiger partial charge is 0.300 e. The van der Waals surface area contributed by atoms with Crippen molar-refractivity contribution in [3.63, 3.8) is 0 Å². The number of rotatable bonds is 6. The van der Waals surface area contributed by atoms with Crippen LogP contribution in [0.5, 0.6) is 0 Å². The minimum absolute atomic E-state index is 0.0982. The maximum absolute atomic E-state index is 11.9. The number of amides is 1. The summed E-state index contributed by atoms with van der Waals surface area (Å²) in [7, 11) is 1.89. The van der Waals surface area contributed by atoms with Crippen LogP contribution in [-0.4, -0.2) is 40.0 Å². The molecule has 0 radical (unpaired) electrons. The summed E-state index contributed by atoms with van der Waals surface area (Å²) in [5.41, 5.74) is 0. The molecule has 0 bridgehead atoms. The van der Waals surface area contributed by atoms with Crippen molar-refractivity contribution in [1.29, 1.82) is 0 Å². The van der Waals surface area contributed by atoms with Crippen molar-refractivity contribution >= 4 is 57.3 Å². The van der Waals surface area contributed by atoms with Crippen molar-refractivity contribution < 1.29 is 4.79 Å². The van der Waals surface area contributed by atoms with Crippen molar-refractivity contribution in [2.75, 3.05) is 25.2 Å². The van der Waals surface area contributed by atoms with Crippen molar-refractivity contribution in [3.8, 4) is 0 Å². The van der Waals surface area contributed by atoms with Gasteiger partial charge in [0.1, 0.15) is 0 Å². The Bertz CT molecular complexity index is 586. The van der Waals surface area contributed by atoms with Gasteiger partial charge in [0.05, 0.1) is 10.9 Å². The number of carbonyl (C=O) groups is 1. The van der Waals surface area contributed by atoms with Crippen LogP contribution in [-0.2, 0) is 11.3 Å². The molecule has 0 aliphatic heterocycles. The Kier molecular flexibility index (Phi) is 5.79. The van der Waals surface area contributed by atoms with Crippen molar-refractivity contribution in [1.82, 2.24) is 14.3 Å². The van der Waals surface area contributed by atoms with Gasteiger partial charge in [0.2, 0.25) is 16.2 Å². The fraction of sp³-hybridized carbons (Fsp3) is 0.364.